The van der Waals surface area contributed by atoms with Crippen molar-refractivity contribution in [2.75, 3.05) is 44.3 Å². The van der Waals surface area contributed by atoms with Gasteiger partial charge in [0, 0.05) is 38.1 Å². The summed E-state index contributed by atoms with van der Waals surface area (Å²) >= 11 is 0. The van der Waals surface area contributed by atoms with Crippen LogP contribution in [0.2, 0.25) is 0 Å². The van der Waals surface area contributed by atoms with Crippen LogP contribution in [-0.4, -0.2) is 55.2 Å². The molecule has 2 fully saturated rings. The van der Waals surface area contributed by atoms with E-state index in [0.717, 1.165) is 18.8 Å². The van der Waals surface area contributed by atoms with Crippen LogP contribution in [0.1, 0.15) is 36.2 Å². The first-order valence-corrected chi connectivity index (χ1v) is 7.92. The fourth-order valence-electron chi connectivity index (χ4n) is 2.99. The van der Waals surface area contributed by atoms with Gasteiger partial charge in [-0.1, -0.05) is 12.8 Å². The van der Waals surface area contributed by atoms with E-state index in [1.807, 2.05) is 17.0 Å². The highest BCUT2D eigenvalue weighted by Gasteiger charge is 2.20. The fraction of sp³-hybridized carbons (Fsp3) is 0.625. The molecule has 0 N–H and O–H groups in total. The molecule has 0 aromatic carbocycles. The van der Waals surface area contributed by atoms with Crippen LogP contribution in [0.3, 0.4) is 0 Å². The summed E-state index contributed by atoms with van der Waals surface area (Å²) in [6.45, 7) is 4.72. The molecule has 5 nitrogen and oxygen atoms in total. The van der Waals surface area contributed by atoms with Gasteiger partial charge in [0.05, 0.1) is 13.2 Å². The average Bonchev–Trinajstić information content (AvgIpc) is 2.84. The van der Waals surface area contributed by atoms with Gasteiger partial charge < -0.3 is 14.5 Å². The predicted molar refractivity (Wildman–Crippen MR) is 81.6 cm³/mol. The first-order chi connectivity index (χ1) is 10.3. The lowest BCUT2D eigenvalue weighted by Gasteiger charge is -2.27. The third-order valence-corrected chi connectivity index (χ3v) is 4.23. The van der Waals surface area contributed by atoms with E-state index in [0.29, 0.717) is 32.0 Å². The molecule has 0 radical (unpaired) electrons. The van der Waals surface area contributed by atoms with Gasteiger partial charge in [0.2, 0.25) is 0 Å². The highest BCUT2D eigenvalue weighted by atomic mass is 16.5. The number of amides is 1. The van der Waals surface area contributed by atoms with Gasteiger partial charge in [-0.15, -0.1) is 0 Å². The van der Waals surface area contributed by atoms with E-state index in [-0.39, 0.29) is 5.91 Å². The fourth-order valence-corrected chi connectivity index (χ4v) is 2.99. The molecule has 0 spiro atoms. The number of hydrogen-bond donors (Lipinski definition) is 0. The molecule has 0 saturated carbocycles. The summed E-state index contributed by atoms with van der Waals surface area (Å²) < 4.78 is 5.30. The molecular weight excluding hydrogens is 266 g/mol. The molecule has 0 aliphatic carbocycles. The Bertz CT molecular complexity index is 478. The molecule has 2 saturated heterocycles. The Hall–Kier alpha value is -1.62. The number of morpholine rings is 1. The van der Waals surface area contributed by atoms with E-state index < -0.39 is 0 Å². The highest BCUT2D eigenvalue weighted by molar-refractivity contribution is 5.93. The Morgan fingerprint density at radius 1 is 1.05 bits per heavy atom. The maximum atomic E-state index is 12.5. The summed E-state index contributed by atoms with van der Waals surface area (Å²) in [6, 6.07) is 3.96. The van der Waals surface area contributed by atoms with Gasteiger partial charge in [-0.2, -0.15) is 0 Å². The zero-order valence-corrected chi connectivity index (χ0v) is 12.5. The van der Waals surface area contributed by atoms with Crippen LogP contribution in [0.25, 0.3) is 0 Å². The molecular formula is C16H23N3O2. The summed E-state index contributed by atoms with van der Waals surface area (Å²) in [7, 11) is 0. The number of nitrogens with zero attached hydrogens (tertiary/aromatic N) is 3. The zero-order chi connectivity index (χ0) is 14.5. The van der Waals surface area contributed by atoms with Crippen molar-refractivity contribution in [3.63, 3.8) is 0 Å². The largest absolute Gasteiger partial charge is 0.378 e. The molecule has 3 heterocycles. The number of hydrogen-bond acceptors (Lipinski definition) is 4. The lowest BCUT2D eigenvalue weighted by Crippen LogP contribution is -2.41. The maximum Gasteiger partial charge on any atom is 0.272 e. The lowest BCUT2D eigenvalue weighted by atomic mass is 10.2. The summed E-state index contributed by atoms with van der Waals surface area (Å²) in [5.74, 6) is 0.0231. The molecule has 1 aromatic rings. The molecule has 1 amide bonds. The van der Waals surface area contributed by atoms with Gasteiger partial charge in [0.1, 0.15) is 5.69 Å². The van der Waals surface area contributed by atoms with Crippen molar-refractivity contribution in [3.8, 4) is 0 Å². The average molecular weight is 289 g/mol. The summed E-state index contributed by atoms with van der Waals surface area (Å²) in [5, 5.41) is 0. The number of carbonyl (C=O) groups is 1. The van der Waals surface area contributed by atoms with Gasteiger partial charge in [-0.25, -0.2) is 0 Å². The third-order valence-electron chi connectivity index (χ3n) is 4.23. The molecule has 2 aliphatic heterocycles. The minimum Gasteiger partial charge on any atom is -0.378 e. The van der Waals surface area contributed by atoms with Crippen LogP contribution in [-0.2, 0) is 4.74 Å². The van der Waals surface area contributed by atoms with Crippen molar-refractivity contribution < 1.29 is 9.53 Å². The monoisotopic (exact) mass is 289 g/mol. The first-order valence-electron chi connectivity index (χ1n) is 7.92. The summed E-state index contributed by atoms with van der Waals surface area (Å²) in [6.07, 6.45) is 6.83. The Morgan fingerprint density at radius 2 is 1.76 bits per heavy atom. The minimum atomic E-state index is 0.0231. The Morgan fingerprint density at radius 3 is 2.48 bits per heavy atom. The van der Waals surface area contributed by atoms with Crippen molar-refractivity contribution in [1.82, 2.24) is 9.88 Å². The molecule has 0 bridgehead atoms. The van der Waals surface area contributed by atoms with Crippen molar-refractivity contribution in [1.29, 1.82) is 0 Å². The van der Waals surface area contributed by atoms with Crippen LogP contribution < -0.4 is 4.90 Å². The number of pyridine rings is 1. The second-order valence-electron chi connectivity index (χ2n) is 5.71. The molecule has 0 unspecified atom stereocenters. The van der Waals surface area contributed by atoms with Crippen LogP contribution in [0.5, 0.6) is 0 Å². The summed E-state index contributed by atoms with van der Waals surface area (Å²) in [4.78, 5) is 21.0. The second kappa shape index (κ2) is 6.89. The van der Waals surface area contributed by atoms with Crippen LogP contribution in [0, 0.1) is 0 Å². The van der Waals surface area contributed by atoms with E-state index >= 15 is 0 Å². The lowest BCUT2D eigenvalue weighted by molar-refractivity contribution is 0.0299. The Kier molecular flexibility index (Phi) is 4.70. The van der Waals surface area contributed by atoms with E-state index in [1.54, 1.807) is 6.20 Å². The Labute approximate surface area is 125 Å². The number of aromatic nitrogens is 1. The molecule has 21 heavy (non-hydrogen) atoms. The number of anilines is 1. The van der Waals surface area contributed by atoms with Gasteiger partial charge >= 0.3 is 0 Å². The van der Waals surface area contributed by atoms with Crippen molar-refractivity contribution in [3.05, 3.63) is 24.0 Å². The van der Waals surface area contributed by atoms with Crippen molar-refractivity contribution >= 4 is 11.6 Å². The molecule has 114 valence electrons. The van der Waals surface area contributed by atoms with Gasteiger partial charge in [-0.3, -0.25) is 9.78 Å². The first kappa shape index (κ1) is 14.3. The predicted octanol–water partition coefficient (Wildman–Crippen LogP) is 1.93. The van der Waals surface area contributed by atoms with E-state index in [1.165, 1.54) is 25.7 Å². The topological polar surface area (TPSA) is 45.7 Å². The van der Waals surface area contributed by atoms with E-state index in [2.05, 4.69) is 9.88 Å². The molecule has 5 heteroatoms. The normalized spacial score (nSPS) is 20.2. The van der Waals surface area contributed by atoms with Gasteiger partial charge in [-0.05, 0) is 25.0 Å². The third kappa shape index (κ3) is 3.53. The molecule has 3 rings (SSSR count). The van der Waals surface area contributed by atoms with Gasteiger partial charge in [0.15, 0.2) is 0 Å². The molecule has 0 atom stereocenters. The second-order valence-corrected chi connectivity index (χ2v) is 5.71. The smallest absolute Gasteiger partial charge is 0.272 e. The maximum absolute atomic E-state index is 12.5. The van der Waals surface area contributed by atoms with Crippen LogP contribution in [0.15, 0.2) is 18.3 Å². The van der Waals surface area contributed by atoms with Crippen LogP contribution in [0.4, 0.5) is 5.69 Å². The van der Waals surface area contributed by atoms with Crippen molar-refractivity contribution in [2.24, 2.45) is 0 Å². The highest BCUT2D eigenvalue weighted by Crippen LogP contribution is 2.20. The van der Waals surface area contributed by atoms with Gasteiger partial charge in [0.25, 0.3) is 5.91 Å². The number of ether oxygens (including phenoxy) is 1. The zero-order valence-electron chi connectivity index (χ0n) is 12.5. The molecule has 2 aliphatic rings. The minimum absolute atomic E-state index is 0.0231. The van der Waals surface area contributed by atoms with E-state index in [9.17, 15) is 4.79 Å². The quantitative estimate of drug-likeness (QED) is 0.834. The summed E-state index contributed by atoms with van der Waals surface area (Å²) in [5.41, 5.74) is 1.68. The van der Waals surface area contributed by atoms with Crippen LogP contribution >= 0.6 is 0 Å². The Balaban J connectivity index is 1.74. The van der Waals surface area contributed by atoms with Crippen molar-refractivity contribution in [2.45, 2.75) is 25.7 Å². The van der Waals surface area contributed by atoms with E-state index in [4.69, 9.17) is 4.74 Å². The number of rotatable bonds is 2. The number of carbonyl (C=O) groups excluding carboxylic acids is 1. The standard InChI is InChI=1S/C16H23N3O2/c20-16(19-9-11-21-12-10-19)15-13-14(5-6-17-15)18-7-3-1-2-4-8-18/h5-6,13H,1-4,7-12H2. The SMILES string of the molecule is O=C(c1cc(N2CCCCCC2)ccn1)N1CCOCC1. The molecule has 1 aromatic heterocycles.